The molecule has 0 saturated carbocycles. The van der Waals surface area contributed by atoms with Crippen molar-refractivity contribution >= 4 is 23.1 Å². The highest BCUT2D eigenvalue weighted by Crippen LogP contribution is 2.33. The highest BCUT2D eigenvalue weighted by molar-refractivity contribution is 6.02. The van der Waals surface area contributed by atoms with Gasteiger partial charge in [0.05, 0.1) is 24.0 Å². The fourth-order valence-electron chi connectivity index (χ4n) is 2.60. The van der Waals surface area contributed by atoms with Crippen molar-refractivity contribution in [2.75, 3.05) is 23.8 Å². The minimum absolute atomic E-state index is 0.178. The number of ether oxygens (including phenoxy) is 2. The van der Waals surface area contributed by atoms with Crippen LogP contribution in [0, 0.1) is 11.3 Å². The van der Waals surface area contributed by atoms with Crippen molar-refractivity contribution in [1.29, 1.82) is 5.26 Å². The van der Waals surface area contributed by atoms with E-state index in [1.54, 1.807) is 24.3 Å². The van der Waals surface area contributed by atoms with Crippen molar-refractivity contribution in [1.82, 2.24) is 9.97 Å². The molecule has 8 nitrogen and oxygen atoms in total. The standard InChI is InChI=1S/C20H15N5O3/c21-10-13-1-3-14(4-2-13)25-20(26)16-11-23-19(12-22-16)24-15-5-6-17-18(9-15)28-8-7-27-17/h1-6,9,11-12H,7-8H2,(H,23,24)(H,25,26). The molecule has 2 heterocycles. The number of hydrogen-bond acceptors (Lipinski definition) is 7. The third-order valence-corrected chi connectivity index (χ3v) is 3.97. The summed E-state index contributed by atoms with van der Waals surface area (Å²) >= 11 is 0. The molecule has 0 saturated heterocycles. The lowest BCUT2D eigenvalue weighted by molar-refractivity contribution is 0.102. The van der Waals surface area contributed by atoms with Crippen molar-refractivity contribution in [3.05, 3.63) is 66.1 Å². The Morgan fingerprint density at radius 2 is 1.71 bits per heavy atom. The topological polar surface area (TPSA) is 109 Å². The average Bonchev–Trinajstić information content (AvgIpc) is 2.75. The van der Waals surface area contributed by atoms with E-state index in [2.05, 4.69) is 20.6 Å². The smallest absolute Gasteiger partial charge is 0.275 e. The minimum Gasteiger partial charge on any atom is -0.486 e. The van der Waals surface area contributed by atoms with E-state index in [0.29, 0.717) is 41.8 Å². The first-order valence-corrected chi connectivity index (χ1v) is 8.51. The molecule has 1 aliphatic heterocycles. The number of carbonyl (C=O) groups is 1. The van der Waals surface area contributed by atoms with Crippen LogP contribution in [0.3, 0.4) is 0 Å². The van der Waals surface area contributed by atoms with E-state index in [1.165, 1.54) is 12.4 Å². The third kappa shape index (κ3) is 3.83. The molecule has 0 radical (unpaired) electrons. The number of benzene rings is 2. The fourth-order valence-corrected chi connectivity index (χ4v) is 2.60. The summed E-state index contributed by atoms with van der Waals surface area (Å²) in [5, 5.41) is 14.6. The van der Waals surface area contributed by atoms with Crippen LogP contribution >= 0.6 is 0 Å². The van der Waals surface area contributed by atoms with E-state index < -0.39 is 0 Å². The maximum absolute atomic E-state index is 12.3. The molecular weight excluding hydrogens is 358 g/mol. The first kappa shape index (κ1) is 17.3. The zero-order chi connectivity index (χ0) is 19.3. The molecule has 138 valence electrons. The number of fused-ring (bicyclic) bond motifs is 1. The average molecular weight is 373 g/mol. The molecule has 0 spiro atoms. The van der Waals surface area contributed by atoms with Crippen LogP contribution in [0.1, 0.15) is 16.1 Å². The van der Waals surface area contributed by atoms with E-state index in [4.69, 9.17) is 14.7 Å². The third-order valence-electron chi connectivity index (χ3n) is 3.97. The van der Waals surface area contributed by atoms with Crippen LogP contribution in [0.25, 0.3) is 0 Å². The number of nitrogens with zero attached hydrogens (tertiary/aromatic N) is 3. The largest absolute Gasteiger partial charge is 0.486 e. The van der Waals surface area contributed by atoms with Crippen molar-refractivity contribution in [2.24, 2.45) is 0 Å². The molecule has 3 aromatic rings. The lowest BCUT2D eigenvalue weighted by Gasteiger charge is -2.19. The monoisotopic (exact) mass is 373 g/mol. The molecule has 0 aliphatic carbocycles. The summed E-state index contributed by atoms with van der Waals surface area (Å²) in [6, 6.07) is 14.1. The Morgan fingerprint density at radius 1 is 0.964 bits per heavy atom. The van der Waals surface area contributed by atoms with Gasteiger partial charge in [0.25, 0.3) is 5.91 Å². The van der Waals surface area contributed by atoms with Gasteiger partial charge in [-0.2, -0.15) is 5.26 Å². The molecule has 0 unspecified atom stereocenters. The predicted molar refractivity (Wildman–Crippen MR) is 102 cm³/mol. The van der Waals surface area contributed by atoms with Crippen molar-refractivity contribution in [2.45, 2.75) is 0 Å². The summed E-state index contributed by atoms with van der Waals surface area (Å²) in [5.41, 5.74) is 2.04. The van der Waals surface area contributed by atoms with Crippen LogP contribution in [0.2, 0.25) is 0 Å². The number of hydrogen-bond donors (Lipinski definition) is 2. The van der Waals surface area contributed by atoms with Gasteiger partial charge in [-0.15, -0.1) is 0 Å². The summed E-state index contributed by atoms with van der Waals surface area (Å²) < 4.78 is 11.0. The van der Waals surface area contributed by atoms with Gasteiger partial charge in [0.1, 0.15) is 24.7 Å². The summed E-state index contributed by atoms with van der Waals surface area (Å²) in [4.78, 5) is 20.6. The molecule has 0 atom stereocenters. The van der Waals surface area contributed by atoms with E-state index in [-0.39, 0.29) is 11.6 Å². The summed E-state index contributed by atoms with van der Waals surface area (Å²) in [5.74, 6) is 1.48. The lowest BCUT2D eigenvalue weighted by atomic mass is 10.2. The van der Waals surface area contributed by atoms with Gasteiger partial charge in [0.2, 0.25) is 0 Å². The van der Waals surface area contributed by atoms with Gasteiger partial charge < -0.3 is 20.1 Å². The quantitative estimate of drug-likeness (QED) is 0.723. The molecular formula is C20H15N5O3. The van der Waals surface area contributed by atoms with Gasteiger partial charge in [-0.25, -0.2) is 9.97 Å². The minimum atomic E-state index is -0.386. The van der Waals surface area contributed by atoms with Crippen molar-refractivity contribution in [3.8, 4) is 17.6 Å². The Hall–Kier alpha value is -4.12. The molecule has 28 heavy (non-hydrogen) atoms. The van der Waals surface area contributed by atoms with Crippen molar-refractivity contribution in [3.63, 3.8) is 0 Å². The van der Waals surface area contributed by atoms with Gasteiger partial charge in [-0.3, -0.25) is 4.79 Å². The highest BCUT2D eigenvalue weighted by atomic mass is 16.6. The van der Waals surface area contributed by atoms with E-state index >= 15 is 0 Å². The summed E-state index contributed by atoms with van der Waals surface area (Å²) in [6.07, 6.45) is 2.86. The predicted octanol–water partition coefficient (Wildman–Crippen LogP) is 3.12. The molecule has 8 heteroatoms. The lowest BCUT2D eigenvalue weighted by Crippen LogP contribution is -2.15. The first-order chi connectivity index (χ1) is 13.7. The number of rotatable bonds is 4. The maximum atomic E-state index is 12.3. The van der Waals surface area contributed by atoms with Gasteiger partial charge in [0.15, 0.2) is 11.5 Å². The molecule has 4 rings (SSSR count). The van der Waals surface area contributed by atoms with Crippen LogP contribution in [0.5, 0.6) is 11.5 Å². The van der Waals surface area contributed by atoms with Crippen LogP contribution in [-0.4, -0.2) is 29.1 Å². The Bertz CT molecular complexity index is 1040. The molecule has 2 N–H and O–H groups in total. The zero-order valence-electron chi connectivity index (χ0n) is 14.7. The molecule has 2 aromatic carbocycles. The Kier molecular flexibility index (Phi) is 4.72. The van der Waals surface area contributed by atoms with Crippen LogP contribution < -0.4 is 20.1 Å². The fraction of sp³-hybridized carbons (Fsp3) is 0.100. The highest BCUT2D eigenvalue weighted by Gasteiger charge is 2.13. The zero-order valence-corrected chi connectivity index (χ0v) is 14.7. The number of aromatic nitrogens is 2. The number of anilines is 3. The van der Waals surface area contributed by atoms with Gasteiger partial charge in [0, 0.05) is 17.4 Å². The normalized spacial score (nSPS) is 12.0. The Labute approximate surface area is 160 Å². The summed E-state index contributed by atoms with van der Waals surface area (Å²) in [7, 11) is 0. The van der Waals surface area contributed by atoms with Crippen LogP contribution in [0.4, 0.5) is 17.2 Å². The second-order valence-corrected chi connectivity index (χ2v) is 5.91. The van der Waals surface area contributed by atoms with Crippen LogP contribution in [0.15, 0.2) is 54.9 Å². The second-order valence-electron chi connectivity index (χ2n) is 5.91. The molecule has 1 aromatic heterocycles. The van der Waals surface area contributed by atoms with Gasteiger partial charge in [-0.05, 0) is 36.4 Å². The van der Waals surface area contributed by atoms with E-state index in [9.17, 15) is 4.79 Å². The van der Waals surface area contributed by atoms with Crippen LogP contribution in [-0.2, 0) is 0 Å². The number of nitrogens with one attached hydrogen (secondary N) is 2. The SMILES string of the molecule is N#Cc1ccc(NC(=O)c2cnc(Nc3ccc4c(c3)OCCO4)cn2)cc1. The van der Waals surface area contributed by atoms with E-state index in [1.807, 2.05) is 24.3 Å². The maximum Gasteiger partial charge on any atom is 0.275 e. The number of amides is 1. The Balaban J connectivity index is 1.41. The summed E-state index contributed by atoms with van der Waals surface area (Å²) in [6.45, 7) is 1.05. The number of carbonyl (C=O) groups excluding carboxylic acids is 1. The van der Waals surface area contributed by atoms with Gasteiger partial charge >= 0.3 is 0 Å². The second kappa shape index (κ2) is 7.63. The van der Waals surface area contributed by atoms with Crippen molar-refractivity contribution < 1.29 is 14.3 Å². The molecule has 1 amide bonds. The van der Waals surface area contributed by atoms with E-state index in [0.717, 1.165) is 5.69 Å². The molecule has 0 bridgehead atoms. The first-order valence-electron chi connectivity index (χ1n) is 8.51. The van der Waals surface area contributed by atoms with Gasteiger partial charge in [-0.1, -0.05) is 0 Å². The molecule has 0 fully saturated rings. The Morgan fingerprint density at radius 3 is 2.43 bits per heavy atom. The number of nitriles is 1. The molecule has 1 aliphatic rings.